The fraction of sp³-hybridized carbons (Fsp3) is 0.0213. The zero-order valence-electron chi connectivity index (χ0n) is 27.1. The van der Waals surface area contributed by atoms with Crippen molar-refractivity contribution in [3.8, 4) is 33.9 Å². The molecule has 0 aliphatic carbocycles. The van der Waals surface area contributed by atoms with Gasteiger partial charge in [0.05, 0.1) is 22.1 Å². The first kappa shape index (κ1) is 28.4. The van der Waals surface area contributed by atoms with Gasteiger partial charge in [0.25, 0.3) is 0 Å². The predicted molar refractivity (Wildman–Crippen MR) is 204 cm³/mol. The van der Waals surface area contributed by atoms with E-state index < -0.39 is 5.41 Å². The molecule has 1 aliphatic heterocycles. The van der Waals surface area contributed by atoms with E-state index in [4.69, 9.17) is 14.7 Å². The van der Waals surface area contributed by atoms with E-state index in [-0.39, 0.29) is 0 Å². The summed E-state index contributed by atoms with van der Waals surface area (Å²) < 4.78 is 6.72. The summed E-state index contributed by atoms with van der Waals surface area (Å²) in [5.74, 6) is 1.72. The van der Waals surface area contributed by atoms with Crippen molar-refractivity contribution in [1.29, 1.82) is 0 Å². The van der Waals surface area contributed by atoms with E-state index in [1.54, 1.807) is 0 Å². The molecule has 3 heteroatoms. The van der Waals surface area contributed by atoms with Crippen LogP contribution in [0.1, 0.15) is 22.3 Å². The van der Waals surface area contributed by atoms with Gasteiger partial charge in [-0.25, -0.2) is 4.98 Å². The molecule has 0 amide bonds. The zero-order chi connectivity index (χ0) is 33.1. The average Bonchev–Trinajstić information content (AvgIpc) is 3.20. The van der Waals surface area contributed by atoms with Gasteiger partial charge in [-0.15, -0.1) is 0 Å². The minimum Gasteiger partial charge on any atom is -0.457 e. The van der Waals surface area contributed by atoms with Crippen molar-refractivity contribution in [2.24, 2.45) is 0 Å². The molecule has 0 spiro atoms. The van der Waals surface area contributed by atoms with Gasteiger partial charge in [0.15, 0.2) is 0 Å². The van der Waals surface area contributed by atoms with E-state index >= 15 is 0 Å². The van der Waals surface area contributed by atoms with Gasteiger partial charge < -0.3 is 4.74 Å². The highest BCUT2D eigenvalue weighted by molar-refractivity contribution is 6.07. The molecular weight excluding hydrogens is 609 g/mol. The van der Waals surface area contributed by atoms with Crippen molar-refractivity contribution < 1.29 is 4.74 Å². The normalized spacial score (nSPS) is 13.1. The average molecular weight is 639 g/mol. The van der Waals surface area contributed by atoms with Crippen molar-refractivity contribution in [2.75, 3.05) is 0 Å². The first-order chi connectivity index (χ1) is 24.8. The quantitative estimate of drug-likeness (QED) is 0.180. The van der Waals surface area contributed by atoms with Gasteiger partial charge in [-0.05, 0) is 63.4 Å². The molecule has 0 saturated heterocycles. The van der Waals surface area contributed by atoms with Gasteiger partial charge in [-0.3, -0.25) is 4.98 Å². The van der Waals surface area contributed by atoms with Crippen LogP contribution < -0.4 is 4.74 Å². The number of hydrogen-bond donors (Lipinski definition) is 0. The summed E-state index contributed by atoms with van der Waals surface area (Å²) >= 11 is 0. The van der Waals surface area contributed by atoms with Crippen molar-refractivity contribution in [1.82, 2.24) is 9.97 Å². The van der Waals surface area contributed by atoms with Crippen molar-refractivity contribution in [2.45, 2.75) is 5.41 Å². The molecule has 0 fully saturated rings. The number of fused-ring (bicyclic) bond motifs is 6. The molecule has 3 nitrogen and oxygen atoms in total. The number of benzene rings is 7. The largest absolute Gasteiger partial charge is 0.457 e. The maximum atomic E-state index is 6.72. The van der Waals surface area contributed by atoms with Gasteiger partial charge in [-0.2, -0.15) is 0 Å². The second kappa shape index (κ2) is 11.3. The number of hydrogen-bond acceptors (Lipinski definition) is 3. The summed E-state index contributed by atoms with van der Waals surface area (Å²) in [4.78, 5) is 10.1. The summed E-state index contributed by atoms with van der Waals surface area (Å²) in [6, 6.07) is 62.5. The van der Waals surface area contributed by atoms with Crippen LogP contribution in [-0.2, 0) is 5.41 Å². The van der Waals surface area contributed by atoms with Crippen LogP contribution in [0.2, 0.25) is 0 Å². The number of aromatic nitrogens is 2. The lowest BCUT2D eigenvalue weighted by Gasteiger charge is -2.41. The number of ether oxygens (including phenoxy) is 1. The van der Waals surface area contributed by atoms with Crippen LogP contribution in [-0.4, -0.2) is 9.97 Å². The first-order valence-corrected chi connectivity index (χ1v) is 17.0. The summed E-state index contributed by atoms with van der Waals surface area (Å²) in [5.41, 5.74) is 10.0. The van der Waals surface area contributed by atoms with Gasteiger partial charge >= 0.3 is 0 Å². The standard InChI is InChI=1S/C47H30N2O/c1-3-14-35(15-4-1)47(36-16-5-2-6-17-36)39-19-9-10-20-42(39)50-43-28-25-34(30-40(43)47)38-26-23-31-12-7-8-18-37(31)44(38)41-27-24-33-22-21-32-13-11-29-48-45(32)46(33)49-41/h1-30H. The molecule has 1 aliphatic rings. The van der Waals surface area contributed by atoms with Crippen LogP contribution in [0.4, 0.5) is 0 Å². The molecule has 9 aromatic rings. The topological polar surface area (TPSA) is 35.0 Å². The molecule has 0 atom stereocenters. The van der Waals surface area contributed by atoms with Gasteiger partial charge in [0, 0.05) is 33.7 Å². The van der Waals surface area contributed by atoms with Crippen LogP contribution in [0.25, 0.3) is 55.0 Å². The Hall–Kier alpha value is -6.58. The molecule has 234 valence electrons. The molecule has 7 aromatic carbocycles. The Morgan fingerprint density at radius 3 is 1.92 bits per heavy atom. The van der Waals surface area contributed by atoms with Gasteiger partial charge in [-0.1, -0.05) is 146 Å². The number of rotatable bonds is 4. The van der Waals surface area contributed by atoms with Crippen LogP contribution in [0, 0.1) is 0 Å². The monoisotopic (exact) mass is 638 g/mol. The van der Waals surface area contributed by atoms with E-state index in [9.17, 15) is 0 Å². The van der Waals surface area contributed by atoms with E-state index in [2.05, 4.69) is 170 Å². The van der Waals surface area contributed by atoms with Gasteiger partial charge in [0.1, 0.15) is 11.5 Å². The minimum absolute atomic E-state index is 0.606. The molecule has 2 aromatic heterocycles. The Morgan fingerprint density at radius 2 is 1.10 bits per heavy atom. The van der Waals surface area contributed by atoms with Crippen molar-refractivity contribution in [3.63, 3.8) is 0 Å². The zero-order valence-corrected chi connectivity index (χ0v) is 27.1. The summed E-state index contributed by atoms with van der Waals surface area (Å²) in [5, 5.41) is 4.47. The van der Waals surface area contributed by atoms with Crippen molar-refractivity contribution >= 4 is 32.6 Å². The Kier molecular flexibility index (Phi) is 6.40. The fourth-order valence-electron chi connectivity index (χ4n) is 8.02. The SMILES string of the molecule is c1ccc(C2(c3ccccc3)c3ccccc3Oc3ccc(-c4ccc5ccccc5c4-c4ccc5ccc6cccnc6c5n4)cc32)cc1. The molecule has 3 heterocycles. The lowest BCUT2D eigenvalue weighted by Crippen LogP contribution is -2.34. The van der Waals surface area contributed by atoms with Crippen LogP contribution in [0.15, 0.2) is 182 Å². The minimum atomic E-state index is -0.606. The van der Waals surface area contributed by atoms with E-state index in [1.807, 2.05) is 12.3 Å². The molecular formula is C47H30N2O. The highest BCUT2D eigenvalue weighted by Gasteiger charge is 2.45. The summed E-state index contributed by atoms with van der Waals surface area (Å²) in [6.07, 6.45) is 1.85. The Bertz CT molecular complexity index is 2700. The first-order valence-electron chi connectivity index (χ1n) is 17.0. The molecule has 0 saturated carbocycles. The lowest BCUT2D eigenvalue weighted by atomic mass is 9.63. The molecule has 0 bridgehead atoms. The molecule has 10 rings (SSSR count). The molecule has 0 unspecified atom stereocenters. The Labute approximate surface area is 290 Å². The van der Waals surface area contributed by atoms with Gasteiger partial charge in [0.2, 0.25) is 0 Å². The van der Waals surface area contributed by atoms with Crippen LogP contribution in [0.5, 0.6) is 11.5 Å². The highest BCUT2D eigenvalue weighted by atomic mass is 16.5. The predicted octanol–water partition coefficient (Wildman–Crippen LogP) is 11.8. The number of nitrogens with zero attached hydrogens (tertiary/aromatic N) is 2. The Balaban J connectivity index is 1.27. The smallest absolute Gasteiger partial charge is 0.132 e. The second-order valence-electron chi connectivity index (χ2n) is 12.9. The molecule has 50 heavy (non-hydrogen) atoms. The lowest BCUT2D eigenvalue weighted by molar-refractivity contribution is 0.434. The maximum Gasteiger partial charge on any atom is 0.132 e. The summed E-state index contributed by atoms with van der Waals surface area (Å²) in [6.45, 7) is 0. The fourth-order valence-corrected chi connectivity index (χ4v) is 8.02. The highest BCUT2D eigenvalue weighted by Crippen LogP contribution is 2.56. The molecule has 0 radical (unpaired) electrons. The second-order valence-corrected chi connectivity index (χ2v) is 12.9. The third-order valence-electron chi connectivity index (χ3n) is 10.2. The van der Waals surface area contributed by atoms with Crippen LogP contribution in [0.3, 0.4) is 0 Å². The third-order valence-corrected chi connectivity index (χ3v) is 10.2. The number of pyridine rings is 2. The van der Waals surface area contributed by atoms with Crippen LogP contribution >= 0.6 is 0 Å². The van der Waals surface area contributed by atoms with Crippen molar-refractivity contribution in [3.05, 3.63) is 204 Å². The van der Waals surface area contributed by atoms with E-state index in [1.165, 1.54) is 16.5 Å². The summed E-state index contributed by atoms with van der Waals surface area (Å²) in [7, 11) is 0. The molecule has 0 N–H and O–H groups in total. The Morgan fingerprint density at radius 1 is 0.460 bits per heavy atom. The third kappa shape index (κ3) is 4.23. The maximum absolute atomic E-state index is 6.72. The van der Waals surface area contributed by atoms with E-state index in [0.717, 1.165) is 72.2 Å². The number of para-hydroxylation sites is 1. The van der Waals surface area contributed by atoms with E-state index in [0.29, 0.717) is 0 Å².